The Labute approximate surface area is 184 Å². The molecule has 1 aliphatic heterocycles. The van der Waals surface area contributed by atoms with Crippen molar-refractivity contribution in [3.63, 3.8) is 0 Å². The van der Waals surface area contributed by atoms with Gasteiger partial charge in [0, 0.05) is 29.9 Å². The van der Waals surface area contributed by atoms with E-state index in [0.29, 0.717) is 35.4 Å². The number of hydrogen-bond donors (Lipinski definition) is 2. The number of rotatable bonds is 5. The van der Waals surface area contributed by atoms with E-state index in [1.807, 2.05) is 36.6 Å². The Kier molecular flexibility index (Phi) is 6.18. The monoisotopic (exact) mass is 437 g/mol. The molecule has 1 aromatic heterocycles. The van der Waals surface area contributed by atoms with E-state index in [2.05, 4.69) is 15.6 Å². The fraction of sp³-hybridized carbons (Fsp3) is 0.261. The highest BCUT2D eigenvalue weighted by Gasteiger charge is 2.16. The van der Waals surface area contributed by atoms with Gasteiger partial charge in [-0.25, -0.2) is 4.98 Å². The van der Waals surface area contributed by atoms with Crippen molar-refractivity contribution in [2.24, 2.45) is 0 Å². The van der Waals surface area contributed by atoms with Crippen LogP contribution < -0.4 is 20.1 Å². The maximum atomic E-state index is 12.7. The molecular weight excluding hydrogens is 414 g/mol. The second kappa shape index (κ2) is 9.18. The van der Waals surface area contributed by atoms with Crippen molar-refractivity contribution < 1.29 is 19.1 Å². The van der Waals surface area contributed by atoms with Gasteiger partial charge in [0.1, 0.15) is 0 Å². The van der Waals surface area contributed by atoms with Crippen LogP contribution in [0.25, 0.3) is 11.3 Å². The van der Waals surface area contributed by atoms with Gasteiger partial charge in [0.15, 0.2) is 16.6 Å². The molecule has 2 N–H and O–H groups in total. The molecule has 0 saturated heterocycles. The Morgan fingerprint density at radius 3 is 2.55 bits per heavy atom. The van der Waals surface area contributed by atoms with Crippen LogP contribution in [0.1, 0.15) is 42.2 Å². The van der Waals surface area contributed by atoms with Gasteiger partial charge in [-0.15, -0.1) is 11.3 Å². The van der Waals surface area contributed by atoms with E-state index >= 15 is 0 Å². The molecule has 1 unspecified atom stereocenters. The van der Waals surface area contributed by atoms with Crippen LogP contribution >= 0.6 is 11.3 Å². The average Bonchev–Trinajstić information content (AvgIpc) is 3.09. The maximum Gasteiger partial charge on any atom is 0.257 e. The van der Waals surface area contributed by atoms with Crippen molar-refractivity contribution in [3.05, 3.63) is 59.0 Å². The van der Waals surface area contributed by atoms with E-state index in [-0.39, 0.29) is 17.9 Å². The number of aromatic nitrogens is 1. The van der Waals surface area contributed by atoms with Gasteiger partial charge in [0.05, 0.1) is 24.9 Å². The zero-order valence-corrected chi connectivity index (χ0v) is 18.1. The zero-order chi connectivity index (χ0) is 21.8. The van der Waals surface area contributed by atoms with Gasteiger partial charge in [0.2, 0.25) is 5.91 Å². The minimum atomic E-state index is -0.254. The molecule has 0 radical (unpaired) electrons. The molecule has 4 rings (SSSR count). The van der Waals surface area contributed by atoms with Crippen molar-refractivity contribution in [1.29, 1.82) is 0 Å². The number of anilines is 1. The van der Waals surface area contributed by atoms with Crippen molar-refractivity contribution >= 4 is 28.3 Å². The average molecular weight is 438 g/mol. The first kappa shape index (κ1) is 20.9. The number of carbonyl (C=O) groups excluding carboxylic acids is 2. The summed E-state index contributed by atoms with van der Waals surface area (Å²) in [6, 6.07) is 12.9. The summed E-state index contributed by atoms with van der Waals surface area (Å²) in [7, 11) is 0. The molecule has 2 heterocycles. The highest BCUT2D eigenvalue weighted by atomic mass is 32.1. The molecule has 1 atom stereocenters. The minimum absolute atomic E-state index is 0.0628. The van der Waals surface area contributed by atoms with Crippen LogP contribution in [0, 0.1) is 0 Å². The summed E-state index contributed by atoms with van der Waals surface area (Å²) >= 11 is 1.36. The third kappa shape index (κ3) is 5.03. The summed E-state index contributed by atoms with van der Waals surface area (Å²) in [5.74, 6) is 0.918. The largest absolute Gasteiger partial charge is 0.490 e. The molecule has 1 aliphatic rings. The van der Waals surface area contributed by atoms with E-state index in [0.717, 1.165) is 23.2 Å². The van der Waals surface area contributed by atoms with Crippen LogP contribution in [0.4, 0.5) is 5.13 Å². The van der Waals surface area contributed by atoms with Crippen molar-refractivity contribution in [2.45, 2.75) is 26.3 Å². The molecule has 31 heavy (non-hydrogen) atoms. The van der Waals surface area contributed by atoms with Crippen LogP contribution in [0.5, 0.6) is 11.5 Å². The zero-order valence-electron chi connectivity index (χ0n) is 17.3. The lowest BCUT2D eigenvalue weighted by Gasteiger charge is -2.13. The third-order valence-electron chi connectivity index (χ3n) is 4.86. The molecule has 3 aromatic rings. The van der Waals surface area contributed by atoms with Gasteiger partial charge >= 0.3 is 0 Å². The molecule has 160 valence electrons. The van der Waals surface area contributed by atoms with E-state index < -0.39 is 0 Å². The van der Waals surface area contributed by atoms with Crippen molar-refractivity contribution in [3.8, 4) is 22.8 Å². The Bertz CT molecular complexity index is 1090. The second-order valence-electron chi connectivity index (χ2n) is 7.25. The number of benzene rings is 2. The first-order valence-corrected chi connectivity index (χ1v) is 10.9. The highest BCUT2D eigenvalue weighted by molar-refractivity contribution is 7.14. The first-order valence-electron chi connectivity index (χ1n) is 10.0. The summed E-state index contributed by atoms with van der Waals surface area (Å²) in [5, 5.41) is 8.13. The fourth-order valence-corrected chi connectivity index (χ4v) is 3.98. The highest BCUT2D eigenvalue weighted by Crippen LogP contribution is 2.31. The number of nitrogens with zero attached hydrogens (tertiary/aromatic N) is 1. The van der Waals surface area contributed by atoms with Crippen molar-refractivity contribution in [1.82, 2.24) is 10.3 Å². The Morgan fingerprint density at radius 1 is 1.06 bits per heavy atom. The Hall–Kier alpha value is -3.39. The molecule has 0 spiro atoms. The van der Waals surface area contributed by atoms with Gasteiger partial charge in [-0.2, -0.15) is 0 Å². The summed E-state index contributed by atoms with van der Waals surface area (Å²) < 4.78 is 11.3. The lowest BCUT2D eigenvalue weighted by atomic mass is 10.1. The van der Waals surface area contributed by atoms with Crippen LogP contribution in [-0.2, 0) is 4.79 Å². The van der Waals surface area contributed by atoms with E-state index in [1.165, 1.54) is 18.3 Å². The minimum Gasteiger partial charge on any atom is -0.490 e. The van der Waals surface area contributed by atoms with Crippen LogP contribution in [0.3, 0.4) is 0 Å². The second-order valence-corrected chi connectivity index (χ2v) is 8.11. The molecule has 0 fully saturated rings. The van der Waals surface area contributed by atoms with Crippen molar-refractivity contribution in [2.75, 3.05) is 18.5 Å². The first-order chi connectivity index (χ1) is 15.0. The normalized spacial score (nSPS) is 13.7. The fourth-order valence-electron chi connectivity index (χ4n) is 3.27. The van der Waals surface area contributed by atoms with Gasteiger partial charge < -0.3 is 14.8 Å². The lowest BCUT2D eigenvalue weighted by Crippen LogP contribution is -2.23. The predicted molar refractivity (Wildman–Crippen MR) is 120 cm³/mol. The summed E-state index contributed by atoms with van der Waals surface area (Å²) in [5.41, 5.74) is 3.21. The number of carbonyl (C=O) groups is 2. The standard InChI is InChI=1S/C23H23N3O4S/c1-14(24-15(2)27)16-4-6-17(7-5-16)19-13-31-23(25-19)26-22(28)18-8-9-20-21(12-18)30-11-3-10-29-20/h4-9,12-14H,3,10-11H2,1-2H3,(H,24,27)(H,25,26,28). The number of fused-ring (bicyclic) bond motifs is 1. The predicted octanol–water partition coefficient (Wildman–Crippen LogP) is 4.42. The Morgan fingerprint density at radius 2 is 1.81 bits per heavy atom. The molecule has 7 nitrogen and oxygen atoms in total. The SMILES string of the molecule is CC(=O)NC(C)c1ccc(-c2csc(NC(=O)c3ccc4c(c3)OCCCO4)n2)cc1. The quantitative estimate of drug-likeness (QED) is 0.617. The van der Waals surface area contributed by atoms with Crippen LogP contribution in [-0.4, -0.2) is 30.0 Å². The van der Waals surface area contributed by atoms with Gasteiger partial charge in [-0.05, 0) is 30.7 Å². The Balaban J connectivity index is 1.44. The van der Waals surface area contributed by atoms with E-state index in [4.69, 9.17) is 9.47 Å². The molecule has 8 heteroatoms. The number of ether oxygens (including phenoxy) is 2. The molecule has 2 amide bonds. The van der Waals surface area contributed by atoms with Gasteiger partial charge in [0.25, 0.3) is 5.91 Å². The van der Waals surface area contributed by atoms with E-state index in [9.17, 15) is 9.59 Å². The topological polar surface area (TPSA) is 89.6 Å². The van der Waals surface area contributed by atoms with Crippen LogP contribution in [0.2, 0.25) is 0 Å². The van der Waals surface area contributed by atoms with E-state index in [1.54, 1.807) is 18.2 Å². The number of amides is 2. The van der Waals surface area contributed by atoms with Gasteiger partial charge in [-0.1, -0.05) is 24.3 Å². The van der Waals surface area contributed by atoms with Gasteiger partial charge in [-0.3, -0.25) is 14.9 Å². The molecule has 0 aliphatic carbocycles. The summed E-state index contributed by atoms with van der Waals surface area (Å²) in [4.78, 5) is 28.4. The lowest BCUT2D eigenvalue weighted by molar-refractivity contribution is -0.119. The summed E-state index contributed by atoms with van der Waals surface area (Å²) in [6.07, 6.45) is 0.811. The molecule has 0 bridgehead atoms. The summed E-state index contributed by atoms with van der Waals surface area (Å²) in [6.45, 7) is 4.61. The maximum absolute atomic E-state index is 12.7. The third-order valence-corrected chi connectivity index (χ3v) is 5.62. The molecule has 2 aromatic carbocycles. The number of hydrogen-bond acceptors (Lipinski definition) is 6. The number of thiazole rings is 1. The van der Waals surface area contributed by atoms with Crippen LogP contribution in [0.15, 0.2) is 47.8 Å². The number of nitrogens with one attached hydrogen (secondary N) is 2. The smallest absolute Gasteiger partial charge is 0.257 e. The molecule has 0 saturated carbocycles. The molecular formula is C23H23N3O4S.